The Labute approximate surface area is 95.2 Å². The molecule has 0 bridgehead atoms. The minimum atomic E-state index is -1.18. The number of carbonyl (C=O) groups excluding carboxylic acids is 1. The summed E-state index contributed by atoms with van der Waals surface area (Å²) in [6.07, 6.45) is 1.69. The van der Waals surface area contributed by atoms with Crippen molar-refractivity contribution >= 4 is 11.9 Å². The summed E-state index contributed by atoms with van der Waals surface area (Å²) in [5.74, 6) is -1.39. The highest BCUT2D eigenvalue weighted by Crippen LogP contribution is 2.41. The highest BCUT2D eigenvalue weighted by molar-refractivity contribution is 6.02. The van der Waals surface area contributed by atoms with Gasteiger partial charge in [0.15, 0.2) is 0 Å². The highest BCUT2D eigenvalue weighted by atomic mass is 16.5. The zero-order valence-corrected chi connectivity index (χ0v) is 9.78. The maximum atomic E-state index is 11.8. The van der Waals surface area contributed by atoms with Gasteiger partial charge in [0.2, 0.25) is 5.91 Å². The van der Waals surface area contributed by atoms with Gasteiger partial charge in [-0.1, -0.05) is 6.42 Å². The molecule has 1 atom stereocenters. The van der Waals surface area contributed by atoms with Crippen molar-refractivity contribution in [2.75, 3.05) is 13.2 Å². The maximum absolute atomic E-state index is 11.8. The van der Waals surface area contributed by atoms with Gasteiger partial charge in [0.25, 0.3) is 0 Å². The third-order valence-electron chi connectivity index (χ3n) is 3.00. The van der Waals surface area contributed by atoms with Crippen molar-refractivity contribution in [1.82, 2.24) is 5.32 Å². The van der Waals surface area contributed by atoms with Crippen molar-refractivity contribution in [2.45, 2.75) is 39.2 Å². The molecule has 1 aliphatic carbocycles. The summed E-state index contributed by atoms with van der Waals surface area (Å²) in [4.78, 5) is 22.9. The number of hydrogen-bond donors (Lipinski definition) is 2. The Morgan fingerprint density at radius 3 is 2.50 bits per heavy atom. The van der Waals surface area contributed by atoms with Crippen molar-refractivity contribution in [1.29, 1.82) is 0 Å². The summed E-state index contributed by atoms with van der Waals surface area (Å²) in [6, 6.07) is -0.149. The smallest absolute Gasteiger partial charge is 0.319 e. The average Bonchev–Trinajstić information content (AvgIpc) is 2.11. The Morgan fingerprint density at radius 1 is 1.50 bits per heavy atom. The van der Waals surface area contributed by atoms with Crippen molar-refractivity contribution < 1.29 is 19.4 Å². The summed E-state index contributed by atoms with van der Waals surface area (Å²) in [6.45, 7) is 4.68. The fourth-order valence-electron chi connectivity index (χ4n) is 1.77. The minimum absolute atomic E-state index is 0.149. The van der Waals surface area contributed by atoms with Gasteiger partial charge in [-0.2, -0.15) is 0 Å². The monoisotopic (exact) mass is 229 g/mol. The molecular weight excluding hydrogens is 210 g/mol. The fourth-order valence-corrected chi connectivity index (χ4v) is 1.77. The van der Waals surface area contributed by atoms with Gasteiger partial charge in [0, 0.05) is 12.6 Å². The first-order valence-corrected chi connectivity index (χ1v) is 5.65. The van der Waals surface area contributed by atoms with Gasteiger partial charge in [-0.05, 0) is 26.7 Å². The van der Waals surface area contributed by atoms with E-state index in [1.807, 2.05) is 13.8 Å². The molecule has 0 saturated heterocycles. The van der Waals surface area contributed by atoms with E-state index in [-0.39, 0.29) is 11.9 Å². The first-order chi connectivity index (χ1) is 7.53. The third-order valence-corrected chi connectivity index (χ3v) is 3.00. The summed E-state index contributed by atoms with van der Waals surface area (Å²) in [5.41, 5.74) is -1.18. The van der Waals surface area contributed by atoms with Crippen LogP contribution >= 0.6 is 0 Å². The summed E-state index contributed by atoms with van der Waals surface area (Å²) >= 11 is 0. The van der Waals surface area contributed by atoms with E-state index < -0.39 is 11.4 Å². The molecule has 1 fully saturated rings. The number of nitrogens with one attached hydrogen (secondary N) is 1. The summed E-state index contributed by atoms with van der Waals surface area (Å²) < 4.78 is 5.16. The lowest BCUT2D eigenvalue weighted by molar-refractivity contribution is -0.162. The van der Waals surface area contributed by atoms with Crippen LogP contribution in [0.5, 0.6) is 0 Å². The molecule has 0 aromatic rings. The molecule has 0 aromatic heterocycles. The molecule has 16 heavy (non-hydrogen) atoms. The van der Waals surface area contributed by atoms with E-state index in [0.29, 0.717) is 26.1 Å². The van der Waals surface area contributed by atoms with Crippen molar-refractivity contribution in [3.63, 3.8) is 0 Å². The molecule has 0 aromatic carbocycles. The quantitative estimate of drug-likeness (QED) is 0.660. The van der Waals surface area contributed by atoms with Crippen molar-refractivity contribution in [3.05, 3.63) is 0 Å². The van der Waals surface area contributed by atoms with E-state index >= 15 is 0 Å². The third kappa shape index (κ3) is 2.52. The zero-order chi connectivity index (χ0) is 12.2. The number of hydrogen-bond acceptors (Lipinski definition) is 3. The molecule has 0 spiro atoms. The normalized spacial score (nSPS) is 19.6. The van der Waals surface area contributed by atoms with Crippen LogP contribution in [0.4, 0.5) is 0 Å². The van der Waals surface area contributed by atoms with Crippen LogP contribution in [-0.2, 0) is 14.3 Å². The topological polar surface area (TPSA) is 75.6 Å². The van der Waals surface area contributed by atoms with Gasteiger partial charge in [-0.15, -0.1) is 0 Å². The predicted molar refractivity (Wildman–Crippen MR) is 58.0 cm³/mol. The van der Waals surface area contributed by atoms with E-state index in [2.05, 4.69) is 5.32 Å². The SMILES string of the molecule is CCOCC(C)NC(=O)C1(C(=O)O)CCC1. The van der Waals surface area contributed by atoms with Crippen LogP contribution in [0, 0.1) is 5.41 Å². The highest BCUT2D eigenvalue weighted by Gasteiger charge is 2.51. The Balaban J connectivity index is 2.47. The number of carboxylic acids is 1. The molecule has 1 saturated carbocycles. The van der Waals surface area contributed by atoms with Crippen LogP contribution in [0.25, 0.3) is 0 Å². The summed E-state index contributed by atoms with van der Waals surface area (Å²) in [7, 11) is 0. The van der Waals surface area contributed by atoms with Gasteiger partial charge < -0.3 is 15.2 Å². The molecule has 0 aliphatic heterocycles. The largest absolute Gasteiger partial charge is 0.480 e. The second kappa shape index (κ2) is 5.30. The number of carbonyl (C=O) groups is 2. The van der Waals surface area contributed by atoms with E-state index in [0.717, 1.165) is 6.42 Å². The number of aliphatic carboxylic acids is 1. The number of rotatable bonds is 6. The second-order valence-electron chi connectivity index (χ2n) is 4.27. The fraction of sp³-hybridized carbons (Fsp3) is 0.818. The molecule has 2 N–H and O–H groups in total. The molecule has 5 heteroatoms. The van der Waals surface area contributed by atoms with Gasteiger partial charge >= 0.3 is 5.97 Å². The van der Waals surface area contributed by atoms with Crippen molar-refractivity contribution in [3.8, 4) is 0 Å². The molecular formula is C11H19NO4. The summed E-state index contributed by atoms with van der Waals surface area (Å²) in [5, 5.41) is 11.7. The van der Waals surface area contributed by atoms with Crippen LogP contribution in [0.15, 0.2) is 0 Å². The van der Waals surface area contributed by atoms with Crippen LogP contribution in [0.1, 0.15) is 33.1 Å². The molecule has 1 rings (SSSR count). The molecule has 0 heterocycles. The van der Waals surface area contributed by atoms with E-state index in [4.69, 9.17) is 9.84 Å². The number of carboxylic acid groups (broad SMARTS) is 1. The van der Waals surface area contributed by atoms with Crippen LogP contribution < -0.4 is 5.32 Å². The maximum Gasteiger partial charge on any atom is 0.319 e. The lowest BCUT2D eigenvalue weighted by atomic mass is 9.68. The van der Waals surface area contributed by atoms with Crippen molar-refractivity contribution in [2.24, 2.45) is 5.41 Å². The molecule has 0 radical (unpaired) electrons. The van der Waals surface area contributed by atoms with E-state index in [9.17, 15) is 9.59 Å². The van der Waals surface area contributed by atoms with Gasteiger partial charge in [0.1, 0.15) is 5.41 Å². The Kier molecular flexibility index (Phi) is 4.29. The second-order valence-corrected chi connectivity index (χ2v) is 4.27. The first kappa shape index (κ1) is 13.0. The minimum Gasteiger partial charge on any atom is -0.480 e. The van der Waals surface area contributed by atoms with Crippen LogP contribution in [0.3, 0.4) is 0 Å². The Morgan fingerprint density at radius 2 is 2.12 bits per heavy atom. The lowest BCUT2D eigenvalue weighted by Gasteiger charge is -2.36. The molecule has 1 unspecified atom stereocenters. The first-order valence-electron chi connectivity index (χ1n) is 5.65. The zero-order valence-electron chi connectivity index (χ0n) is 9.78. The predicted octanol–water partition coefficient (Wildman–Crippen LogP) is 0.782. The van der Waals surface area contributed by atoms with E-state index in [1.165, 1.54) is 0 Å². The van der Waals surface area contributed by atoms with E-state index in [1.54, 1.807) is 0 Å². The average molecular weight is 229 g/mol. The number of ether oxygens (including phenoxy) is 1. The molecule has 1 aliphatic rings. The molecule has 5 nitrogen and oxygen atoms in total. The standard InChI is InChI=1S/C11H19NO4/c1-3-16-7-8(2)12-9(13)11(10(14)15)5-4-6-11/h8H,3-7H2,1-2H3,(H,12,13)(H,14,15). The van der Waals surface area contributed by atoms with Gasteiger partial charge in [-0.3, -0.25) is 9.59 Å². The van der Waals surface area contributed by atoms with Gasteiger partial charge in [0.05, 0.1) is 6.61 Å². The van der Waals surface area contributed by atoms with Crippen LogP contribution in [0.2, 0.25) is 0 Å². The Bertz CT molecular complexity index is 273. The Hall–Kier alpha value is -1.10. The van der Waals surface area contributed by atoms with Gasteiger partial charge in [-0.25, -0.2) is 0 Å². The van der Waals surface area contributed by atoms with Crippen LogP contribution in [-0.4, -0.2) is 36.2 Å². The number of amides is 1. The molecule has 1 amide bonds. The molecule has 92 valence electrons. The lowest BCUT2D eigenvalue weighted by Crippen LogP contribution is -2.53.